The lowest BCUT2D eigenvalue weighted by Gasteiger charge is -2.24. The number of nitrogens with zero attached hydrogens (tertiary/aromatic N) is 1. The maximum atomic E-state index is 12.0. The average Bonchev–Trinajstić information content (AvgIpc) is 2.66. The van der Waals surface area contributed by atoms with Gasteiger partial charge in [-0.1, -0.05) is 30.2 Å². The summed E-state index contributed by atoms with van der Waals surface area (Å²) in [6.45, 7) is 1.66. The minimum absolute atomic E-state index is 0.177. The topological polar surface area (TPSA) is 20.3 Å². The average molecular weight is 300 g/mol. The molecule has 104 valence electrons. The summed E-state index contributed by atoms with van der Waals surface area (Å²) in [5.41, 5.74) is 1.27. The molecule has 0 aromatic heterocycles. The van der Waals surface area contributed by atoms with E-state index in [9.17, 15) is 4.79 Å². The van der Waals surface area contributed by atoms with Crippen LogP contribution in [0.15, 0.2) is 24.3 Å². The maximum absolute atomic E-state index is 12.0. The summed E-state index contributed by atoms with van der Waals surface area (Å²) >= 11 is 11.6. The molecule has 19 heavy (non-hydrogen) atoms. The molecule has 0 aliphatic carbocycles. The van der Waals surface area contributed by atoms with Crippen molar-refractivity contribution in [1.82, 2.24) is 4.90 Å². The Morgan fingerprint density at radius 1 is 1.26 bits per heavy atom. The molecule has 1 unspecified atom stereocenters. The third kappa shape index (κ3) is 4.12. The van der Waals surface area contributed by atoms with Crippen molar-refractivity contribution in [3.05, 3.63) is 34.9 Å². The zero-order valence-electron chi connectivity index (χ0n) is 10.9. The van der Waals surface area contributed by atoms with E-state index in [2.05, 4.69) is 12.1 Å². The molecule has 0 N–H and O–H groups in total. The molecule has 0 saturated carbocycles. The van der Waals surface area contributed by atoms with Crippen LogP contribution in [0.2, 0.25) is 5.02 Å². The van der Waals surface area contributed by atoms with Gasteiger partial charge in [0.05, 0.1) is 0 Å². The number of halogens is 2. The van der Waals surface area contributed by atoms with Gasteiger partial charge >= 0.3 is 0 Å². The summed E-state index contributed by atoms with van der Waals surface area (Å²) in [5, 5.41) is 0.757. The van der Waals surface area contributed by atoms with Crippen LogP contribution in [0, 0.1) is 0 Å². The summed E-state index contributed by atoms with van der Waals surface area (Å²) < 4.78 is 0. The van der Waals surface area contributed by atoms with Crippen LogP contribution in [0.25, 0.3) is 0 Å². The zero-order valence-corrected chi connectivity index (χ0v) is 12.5. The molecule has 1 heterocycles. The molecular weight excluding hydrogens is 281 g/mol. The van der Waals surface area contributed by atoms with Gasteiger partial charge in [0.2, 0.25) is 5.91 Å². The number of carbonyl (C=O) groups excluding carboxylic acids is 1. The second-order valence-corrected chi connectivity index (χ2v) is 5.84. The number of amides is 1. The molecule has 0 bridgehead atoms. The molecule has 1 aromatic carbocycles. The quantitative estimate of drug-likeness (QED) is 0.771. The van der Waals surface area contributed by atoms with Crippen molar-refractivity contribution in [2.75, 3.05) is 19.0 Å². The lowest BCUT2D eigenvalue weighted by molar-refractivity contribution is -0.130. The summed E-state index contributed by atoms with van der Waals surface area (Å²) in [6, 6.07) is 7.99. The van der Waals surface area contributed by atoms with E-state index in [4.69, 9.17) is 23.2 Å². The minimum atomic E-state index is 0.177. The number of rotatable bonds is 3. The minimum Gasteiger partial charge on any atom is -0.342 e. The van der Waals surface area contributed by atoms with Gasteiger partial charge in [0.1, 0.15) is 0 Å². The predicted octanol–water partition coefficient (Wildman–Crippen LogP) is 4.07. The summed E-state index contributed by atoms with van der Waals surface area (Å²) in [6.07, 6.45) is 3.82. The molecule has 1 aliphatic rings. The van der Waals surface area contributed by atoms with Crippen molar-refractivity contribution in [2.45, 2.75) is 31.6 Å². The van der Waals surface area contributed by atoms with Crippen LogP contribution in [0.3, 0.4) is 0 Å². The van der Waals surface area contributed by atoms with Gasteiger partial charge in [0, 0.05) is 36.3 Å². The molecule has 2 rings (SSSR count). The largest absolute Gasteiger partial charge is 0.342 e. The molecule has 4 heteroatoms. The summed E-state index contributed by atoms with van der Waals surface area (Å²) in [5.74, 6) is 0.996. The lowest BCUT2D eigenvalue weighted by Crippen LogP contribution is -2.34. The van der Waals surface area contributed by atoms with E-state index >= 15 is 0 Å². The molecule has 0 radical (unpaired) electrons. The van der Waals surface area contributed by atoms with Crippen LogP contribution in [0.4, 0.5) is 0 Å². The Morgan fingerprint density at radius 3 is 2.68 bits per heavy atom. The van der Waals surface area contributed by atoms with Gasteiger partial charge in [-0.15, -0.1) is 11.6 Å². The fourth-order valence-electron chi connectivity index (χ4n) is 2.61. The van der Waals surface area contributed by atoms with E-state index in [0.717, 1.165) is 37.4 Å². The predicted molar refractivity (Wildman–Crippen MR) is 80.0 cm³/mol. The molecule has 0 spiro atoms. The van der Waals surface area contributed by atoms with E-state index in [1.165, 1.54) is 5.56 Å². The van der Waals surface area contributed by atoms with Gasteiger partial charge in [0.15, 0.2) is 0 Å². The molecule has 1 aliphatic heterocycles. The molecular formula is C15H19Cl2NO. The van der Waals surface area contributed by atoms with E-state index in [0.29, 0.717) is 18.2 Å². The standard InChI is InChI=1S/C15H19Cl2NO/c16-9-8-15(19)18-10-2-1-3-13(11-18)12-4-6-14(17)7-5-12/h4-7,13H,1-3,8-11H2. The second kappa shape index (κ2) is 7.16. The number of hydrogen-bond acceptors (Lipinski definition) is 1. The molecule has 1 aromatic rings. The Hall–Kier alpha value is -0.730. The monoisotopic (exact) mass is 299 g/mol. The summed E-state index contributed by atoms with van der Waals surface area (Å²) in [4.78, 5) is 14.0. The first-order chi connectivity index (χ1) is 9.20. The van der Waals surface area contributed by atoms with E-state index in [-0.39, 0.29) is 5.91 Å². The highest BCUT2D eigenvalue weighted by atomic mass is 35.5. The molecule has 2 nitrogen and oxygen atoms in total. The van der Waals surface area contributed by atoms with Gasteiger partial charge in [0.25, 0.3) is 0 Å². The van der Waals surface area contributed by atoms with Gasteiger partial charge < -0.3 is 4.90 Å². The van der Waals surface area contributed by atoms with Crippen LogP contribution >= 0.6 is 23.2 Å². The highest BCUT2D eigenvalue weighted by Gasteiger charge is 2.22. The van der Waals surface area contributed by atoms with Gasteiger partial charge in [-0.2, -0.15) is 0 Å². The highest BCUT2D eigenvalue weighted by Crippen LogP contribution is 2.27. The normalized spacial score (nSPS) is 20.1. The van der Waals surface area contributed by atoms with Crippen molar-refractivity contribution >= 4 is 29.1 Å². The Labute approximate surface area is 124 Å². The van der Waals surface area contributed by atoms with Crippen LogP contribution in [-0.4, -0.2) is 29.8 Å². The number of alkyl halides is 1. The van der Waals surface area contributed by atoms with Crippen LogP contribution < -0.4 is 0 Å². The fourth-order valence-corrected chi connectivity index (χ4v) is 2.90. The van der Waals surface area contributed by atoms with Crippen LogP contribution in [0.5, 0.6) is 0 Å². The number of likely N-dealkylation sites (tertiary alicyclic amines) is 1. The smallest absolute Gasteiger partial charge is 0.223 e. The Bertz CT molecular complexity index is 419. The van der Waals surface area contributed by atoms with Crippen molar-refractivity contribution < 1.29 is 4.79 Å². The fraction of sp³-hybridized carbons (Fsp3) is 0.533. The first-order valence-corrected chi connectivity index (χ1v) is 7.71. The van der Waals surface area contributed by atoms with Crippen LogP contribution in [0.1, 0.15) is 37.2 Å². The van der Waals surface area contributed by atoms with Crippen LogP contribution in [-0.2, 0) is 4.79 Å². The first kappa shape index (κ1) is 14.7. The second-order valence-electron chi connectivity index (χ2n) is 5.02. The molecule has 1 atom stereocenters. The Balaban J connectivity index is 2.07. The number of carbonyl (C=O) groups is 1. The maximum Gasteiger partial charge on any atom is 0.223 e. The van der Waals surface area contributed by atoms with E-state index in [1.54, 1.807) is 0 Å². The Morgan fingerprint density at radius 2 is 2.00 bits per heavy atom. The number of benzene rings is 1. The van der Waals surface area contributed by atoms with Gasteiger partial charge in [-0.3, -0.25) is 4.79 Å². The van der Waals surface area contributed by atoms with Crippen molar-refractivity contribution in [2.24, 2.45) is 0 Å². The highest BCUT2D eigenvalue weighted by molar-refractivity contribution is 6.30. The number of hydrogen-bond donors (Lipinski definition) is 0. The summed E-state index contributed by atoms with van der Waals surface area (Å²) in [7, 11) is 0. The Kier molecular flexibility index (Phi) is 5.53. The lowest BCUT2D eigenvalue weighted by atomic mass is 9.94. The van der Waals surface area contributed by atoms with Gasteiger partial charge in [-0.25, -0.2) is 0 Å². The third-order valence-corrected chi connectivity index (χ3v) is 4.11. The zero-order chi connectivity index (χ0) is 13.7. The SMILES string of the molecule is O=C(CCCl)N1CCCCC(c2ccc(Cl)cc2)C1. The third-order valence-electron chi connectivity index (χ3n) is 3.67. The van der Waals surface area contributed by atoms with E-state index in [1.807, 2.05) is 17.0 Å². The molecule has 1 amide bonds. The molecule has 1 fully saturated rings. The van der Waals surface area contributed by atoms with Crippen molar-refractivity contribution in [1.29, 1.82) is 0 Å². The first-order valence-electron chi connectivity index (χ1n) is 6.80. The molecule has 1 saturated heterocycles. The van der Waals surface area contributed by atoms with Crippen molar-refractivity contribution in [3.8, 4) is 0 Å². The van der Waals surface area contributed by atoms with Gasteiger partial charge in [-0.05, 0) is 30.5 Å². The van der Waals surface area contributed by atoms with E-state index < -0.39 is 0 Å². The van der Waals surface area contributed by atoms with Crippen molar-refractivity contribution in [3.63, 3.8) is 0 Å².